The predicted molar refractivity (Wildman–Crippen MR) is 222 cm³/mol. The highest BCUT2D eigenvalue weighted by Crippen LogP contribution is 2.30. The zero-order valence-electron chi connectivity index (χ0n) is 33.2. The number of esters is 2. The molecule has 0 bridgehead atoms. The highest BCUT2D eigenvalue weighted by atomic mass is 32.2. The van der Waals surface area contributed by atoms with Crippen molar-refractivity contribution in [1.29, 1.82) is 0 Å². The zero-order chi connectivity index (χ0) is 41.1. The maximum atomic E-state index is 13.5. The number of primary amides is 1. The Balaban J connectivity index is 1.28. The van der Waals surface area contributed by atoms with Gasteiger partial charge in [0.25, 0.3) is 10.0 Å². The second-order valence-corrected chi connectivity index (χ2v) is 16.3. The van der Waals surface area contributed by atoms with E-state index in [0.717, 1.165) is 66.3 Å². The third-order valence-corrected chi connectivity index (χ3v) is 12.1. The van der Waals surface area contributed by atoms with Gasteiger partial charge >= 0.3 is 11.9 Å². The number of nitrogens with zero attached hydrogens (tertiary/aromatic N) is 5. The molecule has 1 atom stereocenters. The van der Waals surface area contributed by atoms with Crippen molar-refractivity contribution < 1.29 is 32.3 Å². The van der Waals surface area contributed by atoms with Crippen LogP contribution in [-0.2, 0) is 47.0 Å². The number of hydrogen-bond acceptors (Lipinski definition) is 11. The first-order valence-electron chi connectivity index (χ1n) is 19.8. The van der Waals surface area contributed by atoms with Gasteiger partial charge in [0.05, 0.1) is 29.0 Å². The average molecular weight is 812 g/mol. The number of amides is 1. The van der Waals surface area contributed by atoms with Crippen LogP contribution in [0.15, 0.2) is 96.0 Å². The summed E-state index contributed by atoms with van der Waals surface area (Å²) in [6.45, 7) is 8.10. The molecule has 3 N–H and O–H groups in total. The Morgan fingerprint density at radius 3 is 2.21 bits per heavy atom. The number of fused-ring (bicyclic) bond motifs is 1. The van der Waals surface area contributed by atoms with E-state index in [-0.39, 0.29) is 43.0 Å². The average Bonchev–Trinajstić information content (AvgIpc) is 3.84. The van der Waals surface area contributed by atoms with Crippen molar-refractivity contribution in [2.45, 2.75) is 70.0 Å². The highest BCUT2D eigenvalue weighted by Gasteiger charge is 2.22. The van der Waals surface area contributed by atoms with Gasteiger partial charge in [-0.1, -0.05) is 30.7 Å². The van der Waals surface area contributed by atoms with E-state index < -0.39 is 22.0 Å². The number of nitrogens with one attached hydrogen (secondary N) is 1. The summed E-state index contributed by atoms with van der Waals surface area (Å²) in [5, 5.41) is 3.39. The minimum atomic E-state index is -3.83. The number of benzene rings is 3. The van der Waals surface area contributed by atoms with Crippen LogP contribution in [0.5, 0.6) is 0 Å². The zero-order valence-corrected chi connectivity index (χ0v) is 34.0. The molecule has 1 saturated heterocycles. The number of anilines is 1. The molecule has 15 heteroatoms. The molecule has 14 nitrogen and oxygen atoms in total. The number of likely N-dealkylation sites (tertiary alicyclic amines) is 1. The van der Waals surface area contributed by atoms with Crippen molar-refractivity contribution in [2.75, 3.05) is 50.8 Å². The molecule has 3 aromatic carbocycles. The molecule has 1 unspecified atom stereocenters. The van der Waals surface area contributed by atoms with Crippen molar-refractivity contribution in [2.24, 2.45) is 5.73 Å². The second kappa shape index (κ2) is 19.8. The van der Waals surface area contributed by atoms with Gasteiger partial charge in [-0.15, -0.1) is 0 Å². The van der Waals surface area contributed by atoms with Crippen LogP contribution in [0.1, 0.15) is 63.3 Å². The van der Waals surface area contributed by atoms with Gasteiger partial charge in [-0.25, -0.2) is 17.4 Å². The van der Waals surface area contributed by atoms with Gasteiger partial charge in [0.2, 0.25) is 5.91 Å². The number of hydrogen-bond donors (Lipinski definition) is 2. The van der Waals surface area contributed by atoms with Gasteiger partial charge < -0.3 is 34.9 Å². The Hall–Kier alpha value is -5.51. The molecule has 1 aliphatic rings. The molecule has 3 heterocycles. The second-order valence-electron chi connectivity index (χ2n) is 14.5. The van der Waals surface area contributed by atoms with E-state index in [0.29, 0.717) is 18.8 Å². The fourth-order valence-electron chi connectivity index (χ4n) is 7.45. The van der Waals surface area contributed by atoms with Crippen molar-refractivity contribution in [3.8, 4) is 11.4 Å². The Labute approximate surface area is 340 Å². The Kier molecular flexibility index (Phi) is 14.3. The van der Waals surface area contributed by atoms with Gasteiger partial charge in [0, 0.05) is 62.5 Å². The number of piperidine rings is 1. The lowest BCUT2D eigenvalue weighted by molar-refractivity contribution is -0.141. The number of carbonyl (C=O) groups is 3. The van der Waals surface area contributed by atoms with Gasteiger partial charge in [0.1, 0.15) is 19.0 Å². The van der Waals surface area contributed by atoms with Crippen LogP contribution < -0.4 is 16.0 Å². The van der Waals surface area contributed by atoms with Gasteiger partial charge in [-0.05, 0) is 105 Å². The number of rotatable bonds is 20. The predicted octanol–water partition coefficient (Wildman–Crippen LogP) is 5.26. The van der Waals surface area contributed by atoms with E-state index in [2.05, 4.69) is 14.8 Å². The lowest BCUT2D eigenvalue weighted by Gasteiger charge is -2.26. The maximum Gasteiger partial charge on any atom is 0.302 e. The molecule has 1 amide bonds. The van der Waals surface area contributed by atoms with Crippen LogP contribution in [0.25, 0.3) is 22.4 Å². The SMILES string of the molecule is CC(=O)OCCN(CCOC(C)=O)c1ccc(-c2nc3cc(C(CC(N)=O)NCc4cccn4S(=O)(=O)c4ccccc4)ccc3n2CCCN2CCCCC2)cc1. The number of imidazole rings is 1. The summed E-state index contributed by atoms with van der Waals surface area (Å²) in [6, 6.07) is 25.1. The first kappa shape index (κ1) is 42.1. The van der Waals surface area contributed by atoms with Gasteiger partial charge in [-0.3, -0.25) is 14.4 Å². The fraction of sp³-hybridized carbons (Fsp3) is 0.395. The molecule has 0 spiro atoms. The molecule has 5 aromatic rings. The smallest absolute Gasteiger partial charge is 0.302 e. The van der Waals surface area contributed by atoms with E-state index in [9.17, 15) is 22.8 Å². The maximum absolute atomic E-state index is 13.5. The lowest BCUT2D eigenvalue weighted by atomic mass is 10.0. The van der Waals surface area contributed by atoms with Crippen LogP contribution >= 0.6 is 0 Å². The number of aryl methyl sites for hydroxylation is 1. The van der Waals surface area contributed by atoms with E-state index in [4.69, 9.17) is 20.2 Å². The lowest BCUT2D eigenvalue weighted by Crippen LogP contribution is -2.31. The summed E-state index contributed by atoms with van der Waals surface area (Å²) in [5.74, 6) is -0.423. The van der Waals surface area contributed by atoms with Crippen molar-refractivity contribution >= 4 is 44.6 Å². The summed E-state index contributed by atoms with van der Waals surface area (Å²) < 4.78 is 40.8. The molecule has 0 saturated carbocycles. The molecule has 58 heavy (non-hydrogen) atoms. The molecule has 0 aliphatic carbocycles. The van der Waals surface area contributed by atoms with Crippen LogP contribution in [0.3, 0.4) is 0 Å². The largest absolute Gasteiger partial charge is 0.464 e. The molecule has 1 fully saturated rings. The van der Waals surface area contributed by atoms with Crippen LogP contribution in [-0.4, -0.2) is 90.6 Å². The molecule has 6 rings (SSSR count). The summed E-state index contributed by atoms with van der Waals surface area (Å²) in [5.41, 5.74) is 10.6. The molecule has 308 valence electrons. The normalized spacial score (nSPS) is 14.0. The minimum absolute atomic E-state index is 0.00603. The van der Waals surface area contributed by atoms with Crippen molar-refractivity contribution in [3.63, 3.8) is 0 Å². The quantitative estimate of drug-likeness (QED) is 0.0984. The van der Waals surface area contributed by atoms with E-state index in [1.54, 1.807) is 42.5 Å². The molecule has 2 aromatic heterocycles. The van der Waals surface area contributed by atoms with Crippen LogP contribution in [0, 0.1) is 0 Å². The molecular weight excluding hydrogens is 759 g/mol. The first-order chi connectivity index (χ1) is 28.0. The first-order valence-corrected chi connectivity index (χ1v) is 21.3. The molecule has 1 aliphatic heterocycles. The van der Waals surface area contributed by atoms with E-state index in [1.165, 1.54) is 43.3 Å². The fourth-order valence-corrected chi connectivity index (χ4v) is 8.84. The van der Waals surface area contributed by atoms with E-state index in [1.807, 2.05) is 47.4 Å². The van der Waals surface area contributed by atoms with E-state index >= 15 is 0 Å². The van der Waals surface area contributed by atoms with Crippen molar-refractivity contribution in [1.82, 2.24) is 23.7 Å². The Bertz CT molecular complexity index is 2250. The molecular formula is C43H53N7O7S. The standard InChI is InChI=1S/C43H53N7O7S/c1-32(51)56-27-25-48(26-28-57-33(2)52)36-17-14-34(15-18-36)43-46-40-29-35(16-19-41(40)49(43)23-10-22-47-20-7-4-8-21-47)39(30-42(44)53)45-31-37-11-9-24-50(37)58(54,55)38-12-5-3-6-13-38/h3,5-6,9,11-19,24,29,39,45H,4,7-8,10,20-23,25-28,30-31H2,1-2H3,(H2,44,53). The van der Waals surface area contributed by atoms with Crippen LogP contribution in [0.4, 0.5) is 5.69 Å². The summed E-state index contributed by atoms with van der Waals surface area (Å²) in [4.78, 5) is 45.1. The number of aromatic nitrogens is 3. The number of carbonyl (C=O) groups excluding carboxylic acids is 3. The molecule has 0 radical (unpaired) electrons. The summed E-state index contributed by atoms with van der Waals surface area (Å²) >= 11 is 0. The topological polar surface area (TPSA) is 171 Å². The monoisotopic (exact) mass is 811 g/mol. The highest BCUT2D eigenvalue weighted by molar-refractivity contribution is 7.90. The third-order valence-electron chi connectivity index (χ3n) is 10.3. The number of ether oxygens (including phenoxy) is 2. The Morgan fingerprint density at radius 1 is 0.862 bits per heavy atom. The van der Waals surface area contributed by atoms with Crippen molar-refractivity contribution in [3.05, 3.63) is 102 Å². The summed E-state index contributed by atoms with van der Waals surface area (Å²) in [7, 11) is -3.83. The van der Waals surface area contributed by atoms with Gasteiger partial charge in [0.15, 0.2) is 0 Å². The Morgan fingerprint density at radius 2 is 1.55 bits per heavy atom. The van der Waals surface area contributed by atoms with Gasteiger partial charge in [-0.2, -0.15) is 0 Å². The minimum Gasteiger partial charge on any atom is -0.464 e. The number of nitrogens with two attached hydrogens (primary N) is 1. The van der Waals surface area contributed by atoms with Crippen LogP contribution in [0.2, 0.25) is 0 Å². The summed E-state index contributed by atoms with van der Waals surface area (Å²) in [6.07, 6.45) is 6.18. The third kappa shape index (κ3) is 10.9.